The predicted octanol–water partition coefficient (Wildman–Crippen LogP) is 1.73. The van der Waals surface area contributed by atoms with Crippen LogP contribution in [0.25, 0.3) is 0 Å². The van der Waals surface area contributed by atoms with Crippen molar-refractivity contribution in [3.63, 3.8) is 0 Å². The first-order valence-corrected chi connectivity index (χ1v) is 6.82. The van der Waals surface area contributed by atoms with Gasteiger partial charge < -0.3 is 0 Å². The Bertz CT molecular complexity index is 503. The summed E-state index contributed by atoms with van der Waals surface area (Å²) in [6, 6.07) is 8.71. The zero-order valence-electron chi connectivity index (χ0n) is 9.34. The molecule has 5 heteroatoms. The van der Waals surface area contributed by atoms with Gasteiger partial charge in [-0.15, -0.1) is 0 Å². The minimum Gasteiger partial charge on any atom is -0.269 e. The fraction of sp³-hybridized carbons (Fsp3) is 0.364. The fourth-order valence-electron chi connectivity index (χ4n) is 1.45. The van der Waals surface area contributed by atoms with Crippen LogP contribution in [0.3, 0.4) is 0 Å². The van der Waals surface area contributed by atoms with E-state index in [-0.39, 0.29) is 0 Å². The molecule has 86 valence electrons. The highest BCUT2D eigenvalue weighted by molar-refractivity contribution is 7.92. The van der Waals surface area contributed by atoms with Crippen molar-refractivity contribution < 1.29 is 8.42 Å². The molecule has 1 rings (SSSR count). The second-order valence-corrected chi connectivity index (χ2v) is 5.37. The molecule has 0 N–H and O–H groups in total. The third kappa shape index (κ3) is 2.74. The van der Waals surface area contributed by atoms with Gasteiger partial charge in [0, 0.05) is 6.54 Å². The van der Waals surface area contributed by atoms with Crippen LogP contribution in [-0.2, 0) is 10.0 Å². The van der Waals surface area contributed by atoms with Gasteiger partial charge in [-0.2, -0.15) is 5.26 Å². The molecule has 0 radical (unpaired) electrons. The highest BCUT2D eigenvalue weighted by atomic mass is 32.2. The molecule has 0 bridgehead atoms. The zero-order valence-corrected chi connectivity index (χ0v) is 10.2. The number of rotatable bonds is 4. The van der Waals surface area contributed by atoms with E-state index in [0.29, 0.717) is 24.2 Å². The molecule has 0 aliphatic rings. The van der Waals surface area contributed by atoms with Crippen molar-refractivity contribution in [3.05, 3.63) is 29.8 Å². The summed E-state index contributed by atoms with van der Waals surface area (Å²) in [5.41, 5.74) is 0.829. The number of anilines is 1. The topological polar surface area (TPSA) is 61.2 Å². The third-order valence-electron chi connectivity index (χ3n) is 2.12. The maximum atomic E-state index is 11.6. The largest absolute Gasteiger partial charge is 0.269 e. The van der Waals surface area contributed by atoms with Crippen LogP contribution in [0.2, 0.25) is 0 Å². The minimum atomic E-state index is -3.33. The minimum absolute atomic E-state index is 0.376. The normalized spacial score (nSPS) is 10.8. The SMILES string of the molecule is CCCN(c1ccccc1C#N)S(C)(=O)=O. The zero-order chi connectivity index (χ0) is 12.2. The maximum Gasteiger partial charge on any atom is 0.232 e. The fourth-order valence-corrected chi connectivity index (χ4v) is 2.48. The predicted molar refractivity (Wildman–Crippen MR) is 63.6 cm³/mol. The van der Waals surface area contributed by atoms with Gasteiger partial charge in [-0.3, -0.25) is 4.31 Å². The van der Waals surface area contributed by atoms with E-state index in [1.54, 1.807) is 24.3 Å². The lowest BCUT2D eigenvalue weighted by atomic mass is 10.2. The standard InChI is InChI=1S/C11H14N2O2S/c1-3-8-13(16(2,14)15)11-7-5-4-6-10(11)9-12/h4-7H,3,8H2,1-2H3. The maximum absolute atomic E-state index is 11.6. The molecule has 0 spiro atoms. The van der Waals surface area contributed by atoms with Crippen LogP contribution in [0.5, 0.6) is 0 Å². The van der Waals surface area contributed by atoms with Crippen molar-refractivity contribution in [1.29, 1.82) is 5.26 Å². The van der Waals surface area contributed by atoms with Crippen molar-refractivity contribution in [1.82, 2.24) is 0 Å². The van der Waals surface area contributed by atoms with E-state index in [0.717, 1.165) is 6.26 Å². The molecule has 4 nitrogen and oxygen atoms in total. The number of hydrogen-bond donors (Lipinski definition) is 0. The van der Waals surface area contributed by atoms with Crippen molar-refractivity contribution >= 4 is 15.7 Å². The van der Waals surface area contributed by atoms with Crippen LogP contribution >= 0.6 is 0 Å². The van der Waals surface area contributed by atoms with Crippen molar-refractivity contribution in [3.8, 4) is 6.07 Å². The van der Waals surface area contributed by atoms with Gasteiger partial charge in [-0.1, -0.05) is 19.1 Å². The van der Waals surface area contributed by atoms with E-state index in [4.69, 9.17) is 5.26 Å². The molecular weight excluding hydrogens is 224 g/mol. The van der Waals surface area contributed by atoms with Gasteiger partial charge in [0.05, 0.1) is 17.5 Å². The number of sulfonamides is 1. The van der Waals surface area contributed by atoms with E-state index in [1.165, 1.54) is 4.31 Å². The summed E-state index contributed by atoms with van der Waals surface area (Å²) in [6.07, 6.45) is 1.85. The Balaban J connectivity index is 3.28. The summed E-state index contributed by atoms with van der Waals surface area (Å²) < 4.78 is 24.5. The monoisotopic (exact) mass is 238 g/mol. The van der Waals surface area contributed by atoms with E-state index in [2.05, 4.69) is 0 Å². The molecule has 0 fully saturated rings. The van der Waals surface area contributed by atoms with Crippen LogP contribution in [0.1, 0.15) is 18.9 Å². The number of hydrogen-bond acceptors (Lipinski definition) is 3. The van der Waals surface area contributed by atoms with E-state index >= 15 is 0 Å². The Labute approximate surface area is 96.2 Å². The summed E-state index contributed by atoms with van der Waals surface area (Å²) in [7, 11) is -3.33. The molecule has 0 saturated heterocycles. The van der Waals surface area contributed by atoms with Crippen molar-refractivity contribution in [2.75, 3.05) is 17.1 Å². The number of nitrogens with zero attached hydrogens (tertiary/aromatic N) is 2. The molecule has 1 aromatic carbocycles. The van der Waals surface area contributed by atoms with Gasteiger partial charge >= 0.3 is 0 Å². The van der Waals surface area contributed by atoms with Gasteiger partial charge in [-0.05, 0) is 18.6 Å². The molecule has 1 aromatic rings. The van der Waals surface area contributed by atoms with Crippen LogP contribution in [-0.4, -0.2) is 21.2 Å². The molecule has 0 unspecified atom stereocenters. The van der Waals surface area contributed by atoms with Crippen LogP contribution in [0.4, 0.5) is 5.69 Å². The molecule has 16 heavy (non-hydrogen) atoms. The van der Waals surface area contributed by atoms with E-state index in [1.807, 2.05) is 13.0 Å². The number of para-hydroxylation sites is 1. The van der Waals surface area contributed by atoms with Crippen molar-refractivity contribution in [2.24, 2.45) is 0 Å². The lowest BCUT2D eigenvalue weighted by molar-refractivity contribution is 0.596. The third-order valence-corrected chi connectivity index (χ3v) is 3.30. The lowest BCUT2D eigenvalue weighted by Crippen LogP contribution is -2.31. The average molecular weight is 238 g/mol. The molecule has 0 heterocycles. The summed E-state index contributed by atoms with van der Waals surface area (Å²) in [5, 5.41) is 8.93. The number of nitriles is 1. The van der Waals surface area contributed by atoms with Gasteiger partial charge in [0.15, 0.2) is 0 Å². The first-order valence-electron chi connectivity index (χ1n) is 4.97. The van der Waals surface area contributed by atoms with Gasteiger partial charge in [0.25, 0.3) is 0 Å². The van der Waals surface area contributed by atoms with Crippen molar-refractivity contribution in [2.45, 2.75) is 13.3 Å². The molecule has 0 saturated carbocycles. The Morgan fingerprint density at radius 2 is 2.00 bits per heavy atom. The van der Waals surface area contributed by atoms with Gasteiger partial charge in [0.1, 0.15) is 6.07 Å². The number of benzene rings is 1. The van der Waals surface area contributed by atoms with E-state index in [9.17, 15) is 8.42 Å². The molecule has 0 aliphatic heterocycles. The quantitative estimate of drug-likeness (QED) is 0.802. The Kier molecular flexibility index (Phi) is 3.91. The Hall–Kier alpha value is -1.54. The van der Waals surface area contributed by atoms with Crippen LogP contribution in [0, 0.1) is 11.3 Å². The summed E-state index contributed by atoms with van der Waals surface area (Å²) in [6.45, 7) is 2.28. The molecule has 0 aliphatic carbocycles. The highest BCUT2D eigenvalue weighted by Gasteiger charge is 2.18. The summed E-state index contributed by atoms with van der Waals surface area (Å²) in [4.78, 5) is 0. The second-order valence-electron chi connectivity index (χ2n) is 3.46. The lowest BCUT2D eigenvalue weighted by Gasteiger charge is -2.22. The average Bonchev–Trinajstić information content (AvgIpc) is 2.24. The van der Waals surface area contributed by atoms with Crippen LogP contribution < -0.4 is 4.31 Å². The first-order chi connectivity index (χ1) is 7.50. The summed E-state index contributed by atoms with van der Waals surface area (Å²) >= 11 is 0. The Morgan fingerprint density at radius 1 is 1.38 bits per heavy atom. The molecule has 0 atom stereocenters. The molecule has 0 amide bonds. The first kappa shape index (κ1) is 12.5. The molecular formula is C11H14N2O2S. The Morgan fingerprint density at radius 3 is 2.50 bits per heavy atom. The summed E-state index contributed by atoms with van der Waals surface area (Å²) in [5.74, 6) is 0. The van der Waals surface area contributed by atoms with Gasteiger partial charge in [0.2, 0.25) is 10.0 Å². The van der Waals surface area contributed by atoms with E-state index < -0.39 is 10.0 Å². The van der Waals surface area contributed by atoms with Crippen LogP contribution in [0.15, 0.2) is 24.3 Å². The smallest absolute Gasteiger partial charge is 0.232 e. The highest BCUT2D eigenvalue weighted by Crippen LogP contribution is 2.22. The second kappa shape index (κ2) is 4.99. The van der Waals surface area contributed by atoms with Gasteiger partial charge in [-0.25, -0.2) is 8.42 Å². The molecule has 0 aromatic heterocycles.